The van der Waals surface area contributed by atoms with Crippen molar-refractivity contribution in [3.05, 3.63) is 53.1 Å². The minimum atomic E-state index is -3.77. The highest BCUT2D eigenvalue weighted by atomic mass is 32.2. The molecule has 1 amide bonds. The van der Waals surface area contributed by atoms with Crippen molar-refractivity contribution in [3.63, 3.8) is 0 Å². The second kappa shape index (κ2) is 7.20. The molecule has 0 aliphatic carbocycles. The summed E-state index contributed by atoms with van der Waals surface area (Å²) in [5.74, 6) is -0.984. The van der Waals surface area contributed by atoms with Crippen molar-refractivity contribution in [1.29, 1.82) is 0 Å². The van der Waals surface area contributed by atoms with Crippen molar-refractivity contribution in [2.75, 3.05) is 11.9 Å². The molecule has 0 saturated carbocycles. The molecule has 0 aromatic heterocycles. The molecule has 0 spiro atoms. The second-order valence-corrected chi connectivity index (χ2v) is 8.12. The molecule has 0 radical (unpaired) electrons. The van der Waals surface area contributed by atoms with E-state index in [9.17, 15) is 18.2 Å². The van der Waals surface area contributed by atoms with E-state index in [2.05, 4.69) is 5.32 Å². The molecule has 9 heteroatoms. The molecule has 1 aliphatic heterocycles. The number of anilines is 1. The molecule has 1 aliphatic rings. The summed E-state index contributed by atoms with van der Waals surface area (Å²) >= 11 is 0. The predicted molar refractivity (Wildman–Crippen MR) is 96.6 cm³/mol. The van der Waals surface area contributed by atoms with Gasteiger partial charge in [-0.05, 0) is 41.2 Å². The van der Waals surface area contributed by atoms with Gasteiger partial charge in [0.2, 0.25) is 5.91 Å². The maximum atomic E-state index is 12.9. The van der Waals surface area contributed by atoms with Gasteiger partial charge >= 0.3 is 7.12 Å². The zero-order valence-corrected chi connectivity index (χ0v) is 14.9. The molecule has 2 aromatic rings. The maximum absolute atomic E-state index is 12.9. The Bertz CT molecular complexity index is 960. The number of aryl methyl sites for hydroxylation is 1. The van der Waals surface area contributed by atoms with Crippen molar-refractivity contribution in [2.45, 2.75) is 24.2 Å². The highest BCUT2D eigenvalue weighted by molar-refractivity contribution is 7.90. The average molecular weight is 375 g/mol. The fourth-order valence-electron chi connectivity index (χ4n) is 2.85. The molecule has 7 nitrogen and oxygen atoms in total. The van der Waals surface area contributed by atoms with Crippen LogP contribution in [0.1, 0.15) is 16.7 Å². The molecule has 1 heterocycles. The van der Waals surface area contributed by atoms with Crippen LogP contribution in [0.2, 0.25) is 0 Å². The van der Waals surface area contributed by atoms with Crippen LogP contribution in [0.15, 0.2) is 41.3 Å². The van der Waals surface area contributed by atoms with Crippen LogP contribution in [-0.4, -0.2) is 38.2 Å². The van der Waals surface area contributed by atoms with Gasteiger partial charge in [0.15, 0.2) is 9.84 Å². The van der Waals surface area contributed by atoms with Crippen molar-refractivity contribution in [1.82, 2.24) is 0 Å². The number of carbonyl (C=O) groups excluding carboxylic acids is 1. The number of aliphatic hydroxyl groups excluding tert-OH is 1. The summed E-state index contributed by atoms with van der Waals surface area (Å²) in [6, 6.07) is 9.65. The van der Waals surface area contributed by atoms with Crippen molar-refractivity contribution < 1.29 is 28.0 Å². The summed E-state index contributed by atoms with van der Waals surface area (Å²) in [5.41, 5.74) is 2.80. The fraction of sp³-hybridized carbons (Fsp3) is 0.235. The normalized spacial score (nSPS) is 13.6. The van der Waals surface area contributed by atoms with Gasteiger partial charge in [-0.1, -0.05) is 24.3 Å². The molecular formula is C17H18BNO6S. The van der Waals surface area contributed by atoms with Crippen LogP contribution < -0.4 is 10.8 Å². The van der Waals surface area contributed by atoms with E-state index < -0.39 is 29.5 Å². The smallest absolute Gasteiger partial charge is 0.423 e. The Labute approximate surface area is 151 Å². The zero-order valence-electron chi connectivity index (χ0n) is 14.1. The topological polar surface area (TPSA) is 113 Å². The van der Waals surface area contributed by atoms with Gasteiger partial charge in [-0.15, -0.1) is 0 Å². The monoisotopic (exact) mass is 375 g/mol. The van der Waals surface area contributed by atoms with Crippen molar-refractivity contribution >= 4 is 34.0 Å². The van der Waals surface area contributed by atoms with Crippen LogP contribution in [0.3, 0.4) is 0 Å². The van der Waals surface area contributed by atoms with E-state index in [1.807, 2.05) is 0 Å². The van der Waals surface area contributed by atoms with Gasteiger partial charge in [0, 0.05) is 0 Å². The van der Waals surface area contributed by atoms with Gasteiger partial charge in [-0.3, -0.25) is 4.79 Å². The standard InChI is InChI=1S/C17H18BNO6S/c1-11-2-5-16(15(6-11)19-17(21)8-20)26(23,24)10-12-3-4-13-9-25-18(22)14(13)7-12/h2-7,20,22H,8-10H2,1H3,(H,19,21). The Kier molecular flexibility index (Phi) is 5.15. The first kappa shape index (κ1) is 18.6. The highest BCUT2D eigenvalue weighted by Gasteiger charge is 2.28. The first-order chi connectivity index (χ1) is 12.3. The Balaban J connectivity index is 1.94. The van der Waals surface area contributed by atoms with Gasteiger partial charge in [0.1, 0.15) is 6.61 Å². The van der Waals surface area contributed by atoms with Gasteiger partial charge in [-0.2, -0.15) is 0 Å². The van der Waals surface area contributed by atoms with E-state index in [1.165, 1.54) is 6.07 Å². The number of hydrogen-bond donors (Lipinski definition) is 3. The molecule has 26 heavy (non-hydrogen) atoms. The van der Waals surface area contributed by atoms with Crippen LogP contribution in [0, 0.1) is 6.92 Å². The number of rotatable bonds is 5. The fourth-order valence-corrected chi connectivity index (χ4v) is 4.35. The number of carbonyl (C=O) groups is 1. The quantitative estimate of drug-likeness (QED) is 0.640. The Morgan fingerprint density at radius 3 is 2.77 bits per heavy atom. The van der Waals surface area contributed by atoms with Crippen LogP contribution >= 0.6 is 0 Å². The predicted octanol–water partition coefficient (Wildman–Crippen LogP) is 0.117. The second-order valence-electron chi connectivity index (χ2n) is 6.16. The van der Waals surface area contributed by atoms with Gasteiger partial charge < -0.3 is 20.1 Å². The third-order valence-electron chi connectivity index (χ3n) is 4.12. The van der Waals surface area contributed by atoms with Crippen molar-refractivity contribution in [3.8, 4) is 0 Å². The first-order valence-electron chi connectivity index (χ1n) is 7.95. The number of nitrogens with one attached hydrogen (secondary N) is 1. The third-order valence-corrected chi connectivity index (χ3v) is 5.86. The van der Waals surface area contributed by atoms with Crippen LogP contribution in [0.25, 0.3) is 0 Å². The maximum Gasteiger partial charge on any atom is 0.491 e. The number of amides is 1. The molecule has 3 rings (SSSR count). The van der Waals surface area contributed by atoms with E-state index in [1.54, 1.807) is 37.3 Å². The zero-order chi connectivity index (χ0) is 18.9. The molecule has 3 N–H and O–H groups in total. The van der Waals surface area contributed by atoms with Crippen LogP contribution in [0.4, 0.5) is 5.69 Å². The SMILES string of the molecule is Cc1ccc(S(=O)(=O)Cc2ccc3c(c2)B(O)OC3)c(NC(=O)CO)c1. The van der Waals surface area contributed by atoms with Gasteiger partial charge in [-0.25, -0.2) is 8.42 Å². The lowest BCUT2D eigenvalue weighted by atomic mass is 9.79. The lowest BCUT2D eigenvalue weighted by molar-refractivity contribution is -0.118. The van der Waals surface area contributed by atoms with E-state index in [-0.39, 0.29) is 16.3 Å². The van der Waals surface area contributed by atoms with Gasteiger partial charge in [0.25, 0.3) is 0 Å². The number of fused-ring (bicyclic) bond motifs is 1. The van der Waals surface area contributed by atoms with Crippen LogP contribution in [0.5, 0.6) is 0 Å². The highest BCUT2D eigenvalue weighted by Crippen LogP contribution is 2.26. The first-order valence-corrected chi connectivity index (χ1v) is 9.61. The molecule has 0 saturated heterocycles. The minimum Gasteiger partial charge on any atom is -0.423 e. The summed E-state index contributed by atoms with van der Waals surface area (Å²) in [4.78, 5) is 11.5. The summed E-state index contributed by atoms with van der Waals surface area (Å²) in [6.07, 6.45) is 0. The number of hydrogen-bond acceptors (Lipinski definition) is 6. The summed E-state index contributed by atoms with van der Waals surface area (Å²) in [5, 5.41) is 21.1. The lowest BCUT2D eigenvalue weighted by Crippen LogP contribution is -2.28. The van der Waals surface area contributed by atoms with Crippen molar-refractivity contribution in [2.24, 2.45) is 0 Å². The molecule has 0 unspecified atom stereocenters. The Morgan fingerprint density at radius 2 is 2.04 bits per heavy atom. The van der Waals surface area contributed by atoms with E-state index >= 15 is 0 Å². The third kappa shape index (κ3) is 3.80. The van der Waals surface area contributed by atoms with E-state index in [0.29, 0.717) is 17.6 Å². The van der Waals surface area contributed by atoms with E-state index in [4.69, 9.17) is 9.76 Å². The lowest BCUT2D eigenvalue weighted by Gasteiger charge is -2.13. The Hall–Kier alpha value is -2.20. The molecule has 0 atom stereocenters. The molecule has 2 aromatic carbocycles. The average Bonchev–Trinajstić information content (AvgIpc) is 2.95. The number of aliphatic hydroxyl groups is 1. The Morgan fingerprint density at radius 1 is 1.27 bits per heavy atom. The summed E-state index contributed by atoms with van der Waals surface area (Å²) < 4.78 is 30.9. The van der Waals surface area contributed by atoms with Gasteiger partial charge in [0.05, 0.1) is 22.9 Å². The molecular weight excluding hydrogens is 357 g/mol. The van der Waals surface area contributed by atoms with Crippen LogP contribution in [-0.2, 0) is 31.6 Å². The number of benzene rings is 2. The number of sulfone groups is 1. The summed E-state index contributed by atoms with van der Waals surface area (Å²) in [7, 11) is -4.82. The molecule has 0 fully saturated rings. The summed E-state index contributed by atoms with van der Waals surface area (Å²) in [6.45, 7) is 1.32. The molecule has 136 valence electrons. The minimum absolute atomic E-state index is 0.0257. The molecule has 0 bridgehead atoms. The largest absolute Gasteiger partial charge is 0.491 e. The van der Waals surface area contributed by atoms with E-state index in [0.717, 1.165) is 11.1 Å².